The highest BCUT2D eigenvalue weighted by atomic mass is 35.5. The molecule has 1 aliphatic carbocycles. The van der Waals surface area contributed by atoms with Gasteiger partial charge in [-0.2, -0.15) is 0 Å². The van der Waals surface area contributed by atoms with Crippen molar-refractivity contribution in [2.45, 2.75) is 28.2 Å². The first kappa shape index (κ1) is 12.2. The second kappa shape index (κ2) is 3.62. The predicted octanol–water partition coefficient (Wildman–Crippen LogP) is 1.73. The number of hydrogen-bond donors (Lipinski definition) is 0. The van der Waals surface area contributed by atoms with Crippen molar-refractivity contribution >= 4 is 35.0 Å². The largest absolute Gasteiger partial charge is 0.288 e. The summed E-state index contributed by atoms with van der Waals surface area (Å²) < 4.78 is 0.579. The first-order chi connectivity index (χ1) is 7.33. The summed E-state index contributed by atoms with van der Waals surface area (Å²) in [6.45, 7) is 1.83. The van der Waals surface area contributed by atoms with Crippen LogP contribution < -0.4 is 5.56 Å². The van der Waals surface area contributed by atoms with Gasteiger partial charge in [0, 0.05) is 7.05 Å². The Morgan fingerprint density at radius 2 is 2.00 bits per heavy atom. The third kappa shape index (κ3) is 1.57. The number of rotatable bonds is 2. The van der Waals surface area contributed by atoms with Gasteiger partial charge in [0.1, 0.15) is 10.0 Å². The van der Waals surface area contributed by atoms with E-state index < -0.39 is 9.75 Å². The van der Waals surface area contributed by atoms with Crippen LogP contribution in [0.15, 0.2) is 9.95 Å². The van der Waals surface area contributed by atoms with Crippen LogP contribution in [-0.4, -0.2) is 25.4 Å². The second-order valence-electron chi connectivity index (χ2n) is 4.11. The fraction of sp³-hybridized carbons (Fsp3) is 0.667. The minimum absolute atomic E-state index is 0.176. The maximum atomic E-state index is 12.1. The normalized spacial score (nSPS) is 26.8. The molecule has 88 valence electrons. The van der Waals surface area contributed by atoms with Crippen molar-refractivity contribution in [1.82, 2.24) is 14.8 Å². The fourth-order valence-electron chi connectivity index (χ4n) is 1.63. The van der Waals surface area contributed by atoms with Gasteiger partial charge in [0.15, 0.2) is 5.16 Å². The molecule has 0 aliphatic heterocycles. The molecule has 2 rings (SSSR count). The van der Waals surface area contributed by atoms with E-state index in [0.717, 1.165) is 0 Å². The third-order valence-corrected chi connectivity index (χ3v) is 4.81. The summed E-state index contributed by atoms with van der Waals surface area (Å²) >= 11 is 13.4. The number of halogens is 2. The van der Waals surface area contributed by atoms with Crippen LogP contribution in [0.25, 0.3) is 0 Å². The molecule has 0 spiro atoms. The van der Waals surface area contributed by atoms with E-state index >= 15 is 0 Å². The molecule has 4 nitrogen and oxygen atoms in total. The predicted molar refractivity (Wildman–Crippen MR) is 65.5 cm³/mol. The molecule has 0 amide bonds. The van der Waals surface area contributed by atoms with Crippen molar-refractivity contribution in [1.29, 1.82) is 0 Å². The Kier molecular flexibility index (Phi) is 2.76. The van der Waals surface area contributed by atoms with E-state index in [-0.39, 0.29) is 5.56 Å². The van der Waals surface area contributed by atoms with Crippen molar-refractivity contribution in [2.24, 2.45) is 7.05 Å². The molecule has 1 heterocycles. The Bertz CT molecular complexity index is 502. The summed E-state index contributed by atoms with van der Waals surface area (Å²) in [7, 11) is 1.67. The summed E-state index contributed by atoms with van der Waals surface area (Å²) in [6.07, 6.45) is 2.38. The van der Waals surface area contributed by atoms with Gasteiger partial charge in [0.2, 0.25) is 0 Å². The molecule has 1 aromatic rings. The van der Waals surface area contributed by atoms with Crippen LogP contribution >= 0.6 is 35.0 Å². The van der Waals surface area contributed by atoms with E-state index in [0.29, 0.717) is 17.3 Å². The first-order valence-electron chi connectivity index (χ1n) is 4.69. The van der Waals surface area contributed by atoms with Gasteiger partial charge >= 0.3 is 0 Å². The molecule has 16 heavy (non-hydrogen) atoms. The van der Waals surface area contributed by atoms with Crippen LogP contribution in [0.1, 0.15) is 19.0 Å². The van der Waals surface area contributed by atoms with Gasteiger partial charge in [-0.3, -0.25) is 9.36 Å². The van der Waals surface area contributed by atoms with Gasteiger partial charge in [-0.05, 0) is 12.7 Å². The van der Waals surface area contributed by atoms with Crippen molar-refractivity contribution in [2.75, 3.05) is 6.26 Å². The molecule has 0 radical (unpaired) electrons. The molecule has 1 aromatic heterocycles. The molecule has 0 N–H and O–H groups in total. The average Bonchev–Trinajstić information content (AvgIpc) is 2.71. The minimum atomic E-state index is -0.894. The Hall–Kier alpha value is -0.260. The SMILES string of the molecule is CSc1nnc([C@]2(C)CC2(Cl)Cl)c(=O)n1C. The lowest BCUT2D eigenvalue weighted by atomic mass is 10.1. The quantitative estimate of drug-likeness (QED) is 0.611. The van der Waals surface area contributed by atoms with Crippen LogP contribution in [0.4, 0.5) is 0 Å². The minimum Gasteiger partial charge on any atom is -0.288 e. The molecular weight excluding hydrogens is 269 g/mol. The Balaban J connectivity index is 2.54. The van der Waals surface area contributed by atoms with Crippen LogP contribution in [0.3, 0.4) is 0 Å². The van der Waals surface area contributed by atoms with Crippen molar-refractivity contribution < 1.29 is 0 Å². The van der Waals surface area contributed by atoms with E-state index in [1.54, 1.807) is 7.05 Å². The van der Waals surface area contributed by atoms with Crippen molar-refractivity contribution in [3.8, 4) is 0 Å². The molecule has 1 aliphatic rings. The number of hydrogen-bond acceptors (Lipinski definition) is 4. The van der Waals surface area contributed by atoms with Crippen LogP contribution in [0, 0.1) is 0 Å². The van der Waals surface area contributed by atoms with E-state index in [1.807, 2.05) is 13.2 Å². The fourth-order valence-corrected chi connectivity index (χ4v) is 2.82. The van der Waals surface area contributed by atoms with Gasteiger partial charge < -0.3 is 0 Å². The number of alkyl halides is 2. The van der Waals surface area contributed by atoms with Crippen LogP contribution in [0.5, 0.6) is 0 Å². The zero-order valence-corrected chi connectivity index (χ0v) is 11.4. The highest BCUT2D eigenvalue weighted by molar-refractivity contribution is 7.98. The highest BCUT2D eigenvalue weighted by Crippen LogP contribution is 2.63. The topological polar surface area (TPSA) is 47.8 Å². The lowest BCUT2D eigenvalue weighted by Gasteiger charge is -2.12. The lowest BCUT2D eigenvalue weighted by Crippen LogP contribution is -2.31. The summed E-state index contributed by atoms with van der Waals surface area (Å²) in [5, 5.41) is 8.53. The summed E-state index contributed by atoms with van der Waals surface area (Å²) in [6, 6.07) is 0. The van der Waals surface area contributed by atoms with Gasteiger partial charge in [-0.1, -0.05) is 18.7 Å². The van der Waals surface area contributed by atoms with Gasteiger partial charge in [-0.15, -0.1) is 33.4 Å². The zero-order chi connectivity index (χ0) is 12.1. The maximum absolute atomic E-state index is 12.1. The van der Waals surface area contributed by atoms with E-state index in [2.05, 4.69) is 10.2 Å². The third-order valence-electron chi connectivity index (χ3n) is 2.99. The standard InChI is InChI=1S/C9H11Cl2N3OS/c1-8(4-9(8,10)11)5-6(15)14(2)7(16-3)13-12-5/h4H2,1-3H3/t8-/m0/s1. The number of aromatic nitrogens is 3. The smallest absolute Gasteiger partial charge is 0.276 e. The molecule has 0 saturated heterocycles. The first-order valence-corrected chi connectivity index (χ1v) is 6.67. The zero-order valence-electron chi connectivity index (χ0n) is 9.12. The van der Waals surface area contributed by atoms with Gasteiger partial charge in [0.25, 0.3) is 5.56 Å². The second-order valence-corrected chi connectivity index (χ2v) is 6.37. The van der Waals surface area contributed by atoms with E-state index in [9.17, 15) is 4.79 Å². The average molecular weight is 280 g/mol. The molecule has 1 fully saturated rings. The summed E-state index contributed by atoms with van der Waals surface area (Å²) in [5.74, 6) is 0. The molecule has 0 bridgehead atoms. The Morgan fingerprint density at radius 3 is 2.44 bits per heavy atom. The molecule has 0 aromatic carbocycles. The Labute approximate surface area is 107 Å². The highest BCUT2D eigenvalue weighted by Gasteiger charge is 2.66. The monoisotopic (exact) mass is 279 g/mol. The summed E-state index contributed by atoms with van der Waals surface area (Å²) in [5.41, 5.74) is -0.405. The Morgan fingerprint density at radius 1 is 1.44 bits per heavy atom. The van der Waals surface area contributed by atoms with Crippen LogP contribution in [-0.2, 0) is 12.5 Å². The molecule has 1 saturated carbocycles. The molecule has 7 heteroatoms. The van der Waals surface area contributed by atoms with Gasteiger partial charge in [0.05, 0.1) is 5.41 Å². The lowest BCUT2D eigenvalue weighted by molar-refractivity contribution is 0.592. The maximum Gasteiger partial charge on any atom is 0.276 e. The van der Waals surface area contributed by atoms with E-state index in [1.165, 1.54) is 16.3 Å². The molecular formula is C9H11Cl2N3OS. The summed E-state index contributed by atoms with van der Waals surface area (Å²) in [4.78, 5) is 12.1. The van der Waals surface area contributed by atoms with E-state index in [4.69, 9.17) is 23.2 Å². The number of nitrogens with zero attached hydrogens (tertiary/aromatic N) is 3. The van der Waals surface area contributed by atoms with Crippen molar-refractivity contribution in [3.05, 3.63) is 16.0 Å². The molecule has 0 unspecified atom stereocenters. The van der Waals surface area contributed by atoms with Crippen LogP contribution in [0.2, 0.25) is 0 Å². The van der Waals surface area contributed by atoms with Gasteiger partial charge in [-0.25, -0.2) is 0 Å². The van der Waals surface area contributed by atoms with Crippen molar-refractivity contribution in [3.63, 3.8) is 0 Å². The number of thioether (sulfide) groups is 1. The molecule has 1 atom stereocenters.